The number of carbonyl (C=O) groups is 4. The highest BCUT2D eigenvalue weighted by Crippen LogP contribution is 2.22. The Morgan fingerprint density at radius 3 is 2.00 bits per heavy atom. The molecule has 0 aromatic heterocycles. The molecule has 3 atom stereocenters. The molecular formula is C31H36N4O5. The summed E-state index contributed by atoms with van der Waals surface area (Å²) in [5, 5.41) is 8.20. The quantitative estimate of drug-likeness (QED) is 0.261. The zero-order chi connectivity index (χ0) is 29.1. The average molecular weight is 545 g/mol. The number of benzene rings is 3. The first-order chi connectivity index (χ1) is 19.1. The topological polar surface area (TPSA) is 140 Å². The first kappa shape index (κ1) is 29.9. The summed E-state index contributed by atoms with van der Waals surface area (Å²) in [6.45, 7) is 5.44. The largest absolute Gasteiger partial charge is 0.457 e. The fourth-order valence-electron chi connectivity index (χ4n) is 4.10. The number of primary amides is 1. The zero-order valence-electron chi connectivity index (χ0n) is 22.9. The Morgan fingerprint density at radius 2 is 1.38 bits per heavy atom. The van der Waals surface area contributed by atoms with E-state index in [1.165, 1.54) is 0 Å². The van der Waals surface area contributed by atoms with Gasteiger partial charge in [0.15, 0.2) is 0 Å². The highest BCUT2D eigenvalue weighted by atomic mass is 16.5. The maximum atomic E-state index is 13.2. The lowest BCUT2D eigenvalue weighted by molar-refractivity contribution is -0.134. The molecule has 0 heterocycles. The van der Waals surface area contributed by atoms with E-state index in [1.807, 2.05) is 67.6 Å². The van der Waals surface area contributed by atoms with E-state index in [0.29, 0.717) is 17.1 Å². The minimum Gasteiger partial charge on any atom is -0.457 e. The molecule has 0 unspecified atom stereocenters. The van der Waals surface area contributed by atoms with Crippen LogP contribution >= 0.6 is 0 Å². The Morgan fingerprint density at radius 1 is 0.750 bits per heavy atom. The van der Waals surface area contributed by atoms with Crippen LogP contribution < -0.4 is 26.4 Å². The van der Waals surface area contributed by atoms with Crippen molar-refractivity contribution in [2.24, 2.45) is 11.7 Å². The maximum absolute atomic E-state index is 13.2. The summed E-state index contributed by atoms with van der Waals surface area (Å²) in [7, 11) is 0. The first-order valence-electron chi connectivity index (χ1n) is 13.2. The third kappa shape index (κ3) is 9.27. The van der Waals surface area contributed by atoms with Crippen molar-refractivity contribution in [3.05, 3.63) is 96.1 Å². The van der Waals surface area contributed by atoms with Gasteiger partial charge in [-0.2, -0.15) is 0 Å². The van der Waals surface area contributed by atoms with Gasteiger partial charge in [0, 0.05) is 0 Å². The molecule has 3 aromatic carbocycles. The van der Waals surface area contributed by atoms with E-state index in [1.54, 1.807) is 38.1 Å². The maximum Gasteiger partial charge on any atom is 0.243 e. The first-order valence-corrected chi connectivity index (χ1v) is 13.2. The summed E-state index contributed by atoms with van der Waals surface area (Å²) in [4.78, 5) is 50.8. The highest BCUT2D eigenvalue weighted by Gasteiger charge is 2.30. The summed E-state index contributed by atoms with van der Waals surface area (Å²) < 4.78 is 5.82. The van der Waals surface area contributed by atoms with Crippen LogP contribution in [0.2, 0.25) is 0 Å². The van der Waals surface area contributed by atoms with E-state index in [0.717, 1.165) is 5.56 Å². The van der Waals surface area contributed by atoms with E-state index >= 15 is 0 Å². The van der Waals surface area contributed by atoms with Gasteiger partial charge in [0.05, 0.1) is 18.9 Å². The molecular weight excluding hydrogens is 508 g/mol. The van der Waals surface area contributed by atoms with Gasteiger partial charge < -0.3 is 26.4 Å². The predicted molar refractivity (Wildman–Crippen MR) is 152 cm³/mol. The number of ether oxygens (including phenoxy) is 1. The van der Waals surface area contributed by atoms with Gasteiger partial charge in [0.1, 0.15) is 23.6 Å². The van der Waals surface area contributed by atoms with Crippen LogP contribution in [0.15, 0.2) is 84.9 Å². The molecule has 5 N–H and O–H groups in total. The number of nitrogens with two attached hydrogens (primary N) is 1. The van der Waals surface area contributed by atoms with Gasteiger partial charge >= 0.3 is 0 Å². The van der Waals surface area contributed by atoms with Gasteiger partial charge in [-0.1, -0.05) is 74.5 Å². The van der Waals surface area contributed by atoms with Crippen molar-refractivity contribution in [3.8, 4) is 11.5 Å². The molecule has 0 saturated carbocycles. The molecule has 0 aliphatic carbocycles. The van der Waals surface area contributed by atoms with E-state index < -0.39 is 36.2 Å². The van der Waals surface area contributed by atoms with Crippen LogP contribution in [0.5, 0.6) is 11.5 Å². The van der Waals surface area contributed by atoms with Crippen molar-refractivity contribution >= 4 is 23.6 Å². The van der Waals surface area contributed by atoms with Crippen LogP contribution in [-0.4, -0.2) is 35.7 Å². The number of rotatable bonds is 13. The van der Waals surface area contributed by atoms with Crippen LogP contribution in [0, 0.1) is 5.92 Å². The number of nitrogens with one attached hydrogen (secondary N) is 3. The van der Waals surface area contributed by atoms with E-state index in [4.69, 9.17) is 10.5 Å². The molecule has 0 saturated heterocycles. The lowest BCUT2D eigenvalue weighted by atomic mass is 10.0. The smallest absolute Gasteiger partial charge is 0.243 e. The van der Waals surface area contributed by atoms with Gasteiger partial charge in [0.2, 0.25) is 23.6 Å². The number of hydrogen-bond donors (Lipinski definition) is 4. The third-order valence-electron chi connectivity index (χ3n) is 6.20. The summed E-state index contributed by atoms with van der Waals surface area (Å²) in [5.74, 6) is -1.34. The van der Waals surface area contributed by atoms with Gasteiger partial charge in [-0.05, 0) is 48.2 Å². The SMILES string of the molecule is CC(C)[C@H](NC(=O)[C@H](CC(N)=O)NC(=O)Cc1cccc(Oc2ccccc2)c1)C(=O)N[C@@H](C)c1ccccc1. The van der Waals surface area contributed by atoms with Gasteiger partial charge in [-0.3, -0.25) is 19.2 Å². The van der Waals surface area contributed by atoms with Crippen LogP contribution in [0.1, 0.15) is 44.4 Å². The van der Waals surface area contributed by atoms with E-state index in [9.17, 15) is 19.2 Å². The molecule has 0 aliphatic heterocycles. The zero-order valence-corrected chi connectivity index (χ0v) is 22.9. The molecule has 9 heteroatoms. The summed E-state index contributed by atoms with van der Waals surface area (Å²) >= 11 is 0. The van der Waals surface area contributed by atoms with E-state index in [2.05, 4.69) is 16.0 Å². The van der Waals surface area contributed by atoms with Crippen molar-refractivity contribution < 1.29 is 23.9 Å². The number of carbonyl (C=O) groups excluding carboxylic acids is 4. The van der Waals surface area contributed by atoms with Crippen LogP contribution in [0.25, 0.3) is 0 Å². The third-order valence-corrected chi connectivity index (χ3v) is 6.20. The van der Waals surface area contributed by atoms with Crippen LogP contribution in [-0.2, 0) is 25.6 Å². The molecule has 4 amide bonds. The Balaban J connectivity index is 1.64. The van der Waals surface area contributed by atoms with Gasteiger partial charge in [-0.15, -0.1) is 0 Å². The second kappa shape index (κ2) is 14.5. The van der Waals surface area contributed by atoms with Crippen molar-refractivity contribution in [3.63, 3.8) is 0 Å². The molecule has 40 heavy (non-hydrogen) atoms. The standard InChI is InChI=1S/C31H36N4O5/c1-20(2)29(31(39)33-21(3)23-12-6-4-7-13-23)35-30(38)26(19-27(32)36)34-28(37)18-22-11-10-16-25(17-22)40-24-14-8-5-9-15-24/h4-17,20-21,26,29H,18-19H2,1-3H3,(H2,32,36)(H,33,39)(H,34,37)(H,35,38)/t21-,26-,29-/m0/s1. The average Bonchev–Trinajstić information content (AvgIpc) is 2.92. The molecule has 210 valence electrons. The second-order valence-corrected chi connectivity index (χ2v) is 9.90. The minimum atomic E-state index is -1.24. The van der Waals surface area contributed by atoms with Gasteiger partial charge in [0.25, 0.3) is 0 Å². The Kier molecular flexibility index (Phi) is 10.8. The number of hydrogen-bond acceptors (Lipinski definition) is 5. The molecule has 9 nitrogen and oxygen atoms in total. The predicted octanol–water partition coefficient (Wildman–Crippen LogP) is 3.40. The number of amides is 4. The normalized spacial score (nSPS) is 13.0. The number of para-hydroxylation sites is 1. The van der Waals surface area contributed by atoms with Gasteiger partial charge in [-0.25, -0.2) is 0 Å². The van der Waals surface area contributed by atoms with Crippen LogP contribution in [0.3, 0.4) is 0 Å². The Hall–Kier alpha value is -4.66. The monoisotopic (exact) mass is 544 g/mol. The summed E-state index contributed by atoms with van der Waals surface area (Å²) in [6.07, 6.45) is -0.473. The summed E-state index contributed by atoms with van der Waals surface area (Å²) in [5.41, 5.74) is 6.94. The molecule has 0 spiro atoms. The molecule has 0 bridgehead atoms. The van der Waals surface area contributed by atoms with Crippen molar-refractivity contribution in [2.75, 3.05) is 0 Å². The fourth-order valence-corrected chi connectivity index (χ4v) is 4.10. The molecule has 0 radical (unpaired) electrons. The molecule has 0 fully saturated rings. The molecule has 3 aromatic rings. The fraction of sp³-hybridized carbons (Fsp3) is 0.290. The van der Waals surface area contributed by atoms with Crippen molar-refractivity contribution in [1.29, 1.82) is 0 Å². The second-order valence-electron chi connectivity index (χ2n) is 9.90. The van der Waals surface area contributed by atoms with Crippen molar-refractivity contribution in [1.82, 2.24) is 16.0 Å². The lowest BCUT2D eigenvalue weighted by Gasteiger charge is -2.26. The van der Waals surface area contributed by atoms with Crippen molar-refractivity contribution in [2.45, 2.75) is 51.7 Å². The van der Waals surface area contributed by atoms with E-state index in [-0.39, 0.29) is 24.3 Å². The Bertz CT molecular complexity index is 1300. The molecule has 3 rings (SSSR count). The minimum absolute atomic E-state index is 0.0583. The highest BCUT2D eigenvalue weighted by molar-refractivity contribution is 5.95. The lowest BCUT2D eigenvalue weighted by Crippen LogP contribution is -2.56. The Labute approximate surface area is 234 Å². The van der Waals surface area contributed by atoms with Crippen LogP contribution in [0.4, 0.5) is 0 Å². The molecule has 0 aliphatic rings. The summed E-state index contributed by atoms with van der Waals surface area (Å²) in [6, 6.07) is 23.3.